The third-order valence-corrected chi connectivity index (χ3v) is 1.78. The van der Waals surface area contributed by atoms with E-state index >= 15 is 0 Å². The zero-order chi connectivity index (χ0) is 10.6. The minimum Gasteiger partial charge on any atom is -0.192 e. The Morgan fingerprint density at radius 2 is 1.64 bits per heavy atom. The zero-order valence-electron chi connectivity index (χ0n) is 8.20. The summed E-state index contributed by atoms with van der Waals surface area (Å²) in [4.78, 5) is 0. The van der Waals surface area contributed by atoms with Crippen molar-refractivity contribution in [2.75, 3.05) is 0 Å². The summed E-state index contributed by atoms with van der Waals surface area (Å²) in [5.41, 5.74) is 2.89. The Kier molecular flexibility index (Phi) is 3.05. The van der Waals surface area contributed by atoms with Crippen LogP contribution in [-0.4, -0.2) is 0 Å². The molecule has 0 N–H and O–H groups in total. The van der Waals surface area contributed by atoms with E-state index in [-0.39, 0.29) is 0 Å². The highest BCUT2D eigenvalue weighted by molar-refractivity contribution is 5.66. The molecular weight excluding hydrogens is 172 g/mol. The molecule has 14 heavy (non-hydrogen) atoms. The Morgan fingerprint density at radius 3 is 2.00 bits per heavy atom. The lowest BCUT2D eigenvalue weighted by atomic mass is 10.0. The van der Waals surface area contributed by atoms with Crippen molar-refractivity contribution < 1.29 is 0 Å². The van der Waals surface area contributed by atoms with E-state index < -0.39 is 0 Å². The lowest BCUT2D eigenvalue weighted by molar-refractivity contribution is 1.39. The van der Waals surface area contributed by atoms with Crippen molar-refractivity contribution >= 4 is 6.08 Å². The van der Waals surface area contributed by atoms with E-state index in [4.69, 9.17) is 10.5 Å². The molecule has 0 fully saturated rings. The quantitative estimate of drug-likeness (QED) is 0.670. The molecule has 2 heteroatoms. The lowest BCUT2D eigenvalue weighted by Crippen LogP contribution is -1.88. The maximum absolute atomic E-state index is 8.86. The average molecular weight is 182 g/mol. The van der Waals surface area contributed by atoms with Crippen LogP contribution >= 0.6 is 0 Å². The zero-order valence-corrected chi connectivity index (χ0v) is 8.20. The Morgan fingerprint density at radius 1 is 1.14 bits per heavy atom. The average Bonchev–Trinajstić information content (AvgIpc) is 2.17. The van der Waals surface area contributed by atoms with E-state index in [1.165, 1.54) is 0 Å². The van der Waals surface area contributed by atoms with Crippen molar-refractivity contribution in [2.24, 2.45) is 0 Å². The second kappa shape index (κ2) is 4.25. The molecule has 0 saturated heterocycles. The van der Waals surface area contributed by atoms with Crippen molar-refractivity contribution in [3.8, 4) is 12.1 Å². The largest absolute Gasteiger partial charge is 0.192 e. The number of hydrogen-bond donors (Lipinski definition) is 0. The summed E-state index contributed by atoms with van der Waals surface area (Å²) < 4.78 is 0. The minimum absolute atomic E-state index is 0.547. The molecule has 0 radical (unpaired) electrons. The normalized spacial score (nSPS) is 8.57. The minimum atomic E-state index is 0.547. The first kappa shape index (κ1) is 10.0. The Labute approximate surface area is 83.7 Å². The summed E-state index contributed by atoms with van der Waals surface area (Å²) in [7, 11) is 0. The maximum atomic E-state index is 8.86. The van der Waals surface area contributed by atoms with Gasteiger partial charge < -0.3 is 0 Å². The van der Waals surface area contributed by atoms with Gasteiger partial charge in [0.05, 0.1) is 23.3 Å². The fourth-order valence-electron chi connectivity index (χ4n) is 1.20. The molecule has 1 aromatic carbocycles. The van der Waals surface area contributed by atoms with Gasteiger partial charge in [-0.25, -0.2) is 0 Å². The van der Waals surface area contributed by atoms with E-state index in [1.807, 2.05) is 19.9 Å². The van der Waals surface area contributed by atoms with Gasteiger partial charge in [-0.15, -0.1) is 0 Å². The van der Waals surface area contributed by atoms with E-state index in [9.17, 15) is 0 Å². The smallest absolute Gasteiger partial charge is 0.0998 e. The van der Waals surface area contributed by atoms with Gasteiger partial charge in [-0.3, -0.25) is 0 Å². The molecular formula is C12H10N2. The third kappa shape index (κ3) is 2.00. The van der Waals surface area contributed by atoms with Crippen LogP contribution in [0.3, 0.4) is 0 Å². The van der Waals surface area contributed by atoms with Crippen molar-refractivity contribution in [1.29, 1.82) is 10.5 Å². The van der Waals surface area contributed by atoms with E-state index in [0.717, 1.165) is 11.1 Å². The van der Waals surface area contributed by atoms with Crippen LogP contribution in [0.5, 0.6) is 0 Å². The number of rotatable bonds is 1. The fraction of sp³-hybridized carbons (Fsp3) is 0.167. The predicted octanol–water partition coefficient (Wildman–Crippen LogP) is 2.85. The highest BCUT2D eigenvalue weighted by atomic mass is 14.3. The maximum Gasteiger partial charge on any atom is 0.0998 e. The van der Waals surface area contributed by atoms with Crippen LogP contribution < -0.4 is 0 Å². The van der Waals surface area contributed by atoms with Gasteiger partial charge in [-0.1, -0.05) is 17.7 Å². The van der Waals surface area contributed by atoms with Gasteiger partial charge in [0.15, 0.2) is 0 Å². The number of allylic oxidation sites excluding steroid dienone is 1. The van der Waals surface area contributed by atoms with E-state index in [0.29, 0.717) is 11.1 Å². The SMILES string of the molecule is CC(C)=Cc1c(C#N)cccc1C#N. The van der Waals surface area contributed by atoms with Gasteiger partial charge in [-0.2, -0.15) is 10.5 Å². The molecule has 0 heterocycles. The summed E-state index contributed by atoms with van der Waals surface area (Å²) in [6.07, 6.45) is 1.86. The molecule has 1 aromatic rings. The molecule has 0 saturated carbocycles. The van der Waals surface area contributed by atoms with Crippen LogP contribution in [0.1, 0.15) is 30.5 Å². The summed E-state index contributed by atoms with van der Waals surface area (Å²) in [5, 5.41) is 17.7. The van der Waals surface area contributed by atoms with Gasteiger partial charge in [0.2, 0.25) is 0 Å². The molecule has 0 aliphatic carbocycles. The molecule has 1 rings (SSSR count). The van der Waals surface area contributed by atoms with E-state index in [1.54, 1.807) is 18.2 Å². The van der Waals surface area contributed by atoms with E-state index in [2.05, 4.69) is 12.1 Å². The van der Waals surface area contributed by atoms with Crippen LogP contribution in [0.25, 0.3) is 6.08 Å². The molecule has 0 aromatic heterocycles. The molecule has 0 unspecified atom stereocenters. The lowest BCUT2D eigenvalue weighted by Gasteiger charge is -2.00. The molecule has 68 valence electrons. The van der Waals surface area contributed by atoms with Crippen molar-refractivity contribution in [3.63, 3.8) is 0 Å². The Bertz CT molecular complexity index is 420. The second-order valence-corrected chi connectivity index (χ2v) is 3.21. The molecule has 0 atom stereocenters. The first-order valence-electron chi connectivity index (χ1n) is 4.27. The number of benzene rings is 1. The predicted molar refractivity (Wildman–Crippen MR) is 55.2 cm³/mol. The summed E-state index contributed by atoms with van der Waals surface area (Å²) in [6, 6.07) is 9.32. The standard InChI is InChI=1S/C12H10N2/c1-9(2)6-12-10(7-13)4-3-5-11(12)8-14/h3-6H,1-2H3. The van der Waals surface area contributed by atoms with Crippen molar-refractivity contribution in [2.45, 2.75) is 13.8 Å². The van der Waals surface area contributed by atoms with Crippen molar-refractivity contribution in [1.82, 2.24) is 0 Å². The molecule has 0 aliphatic heterocycles. The van der Waals surface area contributed by atoms with Crippen LogP contribution in [0.2, 0.25) is 0 Å². The van der Waals surface area contributed by atoms with Gasteiger partial charge in [0.1, 0.15) is 0 Å². The third-order valence-electron chi connectivity index (χ3n) is 1.78. The molecule has 2 nitrogen and oxygen atoms in total. The Hall–Kier alpha value is -2.06. The second-order valence-electron chi connectivity index (χ2n) is 3.21. The molecule has 0 amide bonds. The molecule has 0 aliphatic rings. The van der Waals surface area contributed by atoms with Gasteiger partial charge >= 0.3 is 0 Å². The van der Waals surface area contributed by atoms with Gasteiger partial charge in [-0.05, 0) is 26.0 Å². The van der Waals surface area contributed by atoms with Crippen LogP contribution in [-0.2, 0) is 0 Å². The topological polar surface area (TPSA) is 47.6 Å². The van der Waals surface area contributed by atoms with Crippen LogP contribution in [0.4, 0.5) is 0 Å². The highest BCUT2D eigenvalue weighted by Crippen LogP contribution is 2.16. The fourth-order valence-corrected chi connectivity index (χ4v) is 1.20. The summed E-state index contributed by atoms with van der Waals surface area (Å²) in [5.74, 6) is 0. The Balaban J connectivity index is 3.45. The van der Waals surface area contributed by atoms with Crippen LogP contribution in [0, 0.1) is 22.7 Å². The summed E-state index contributed by atoms with van der Waals surface area (Å²) in [6.45, 7) is 3.88. The highest BCUT2D eigenvalue weighted by Gasteiger charge is 2.04. The summed E-state index contributed by atoms with van der Waals surface area (Å²) >= 11 is 0. The molecule has 0 bridgehead atoms. The number of nitriles is 2. The first-order chi connectivity index (χ1) is 6.69. The molecule has 0 spiro atoms. The van der Waals surface area contributed by atoms with Crippen molar-refractivity contribution in [3.05, 3.63) is 40.5 Å². The number of nitrogens with zero attached hydrogens (tertiary/aromatic N) is 2. The number of hydrogen-bond acceptors (Lipinski definition) is 2. The monoisotopic (exact) mass is 182 g/mol. The van der Waals surface area contributed by atoms with Crippen LogP contribution in [0.15, 0.2) is 23.8 Å². The van der Waals surface area contributed by atoms with Gasteiger partial charge in [0.25, 0.3) is 0 Å². The van der Waals surface area contributed by atoms with Gasteiger partial charge in [0, 0.05) is 5.56 Å². The first-order valence-corrected chi connectivity index (χ1v) is 4.27.